The van der Waals surface area contributed by atoms with E-state index in [1.54, 1.807) is 6.92 Å². The molecule has 21 heavy (non-hydrogen) atoms. The van der Waals surface area contributed by atoms with Crippen LogP contribution in [0.4, 0.5) is 10.3 Å². The molecule has 5 nitrogen and oxygen atoms in total. The third-order valence-electron chi connectivity index (χ3n) is 2.84. The molecule has 7 heteroatoms. The molecule has 2 aromatic rings. The van der Waals surface area contributed by atoms with Crippen molar-refractivity contribution >= 4 is 15.9 Å². The van der Waals surface area contributed by atoms with Crippen LogP contribution in [0, 0.1) is 12.7 Å². The van der Waals surface area contributed by atoms with Crippen molar-refractivity contribution in [1.82, 2.24) is 5.16 Å². The maximum Gasteiger partial charge on any atom is 0.264 e. The molecular weight excluding hydrogens is 295 g/mol. The first-order valence-corrected chi connectivity index (χ1v) is 7.83. The number of aryl methyl sites for hydroxylation is 1. The van der Waals surface area contributed by atoms with Gasteiger partial charge in [-0.15, -0.1) is 0 Å². The quantitative estimate of drug-likeness (QED) is 0.944. The molecule has 2 rings (SSSR count). The molecule has 0 amide bonds. The van der Waals surface area contributed by atoms with Crippen LogP contribution in [-0.4, -0.2) is 13.6 Å². The Morgan fingerprint density at radius 2 is 1.86 bits per heavy atom. The maximum absolute atomic E-state index is 13.3. The third-order valence-corrected chi connectivity index (χ3v) is 4.17. The number of aromatic nitrogens is 1. The fraction of sp³-hybridized carbons (Fsp3) is 0.357. The second-order valence-corrected chi connectivity index (χ2v) is 7.58. The number of halogens is 1. The van der Waals surface area contributed by atoms with E-state index in [0.29, 0.717) is 11.3 Å². The number of hydrogen-bond donors (Lipinski definition) is 1. The van der Waals surface area contributed by atoms with Crippen LogP contribution in [0.25, 0.3) is 0 Å². The van der Waals surface area contributed by atoms with Crippen molar-refractivity contribution in [2.45, 2.75) is 38.0 Å². The summed E-state index contributed by atoms with van der Waals surface area (Å²) in [4.78, 5) is -0.159. The molecule has 0 atom stereocenters. The number of anilines is 1. The van der Waals surface area contributed by atoms with Crippen LogP contribution < -0.4 is 4.72 Å². The van der Waals surface area contributed by atoms with Crippen molar-refractivity contribution in [3.05, 3.63) is 41.3 Å². The summed E-state index contributed by atoms with van der Waals surface area (Å²) >= 11 is 0. The monoisotopic (exact) mass is 312 g/mol. The predicted octanol–water partition coefficient (Wildman–Crippen LogP) is 3.22. The van der Waals surface area contributed by atoms with Gasteiger partial charge in [-0.25, -0.2) is 17.5 Å². The first kappa shape index (κ1) is 15.5. The summed E-state index contributed by atoms with van der Waals surface area (Å²) in [6.07, 6.45) is 0. The van der Waals surface area contributed by atoms with Crippen molar-refractivity contribution in [3.63, 3.8) is 0 Å². The molecule has 1 aromatic carbocycles. The van der Waals surface area contributed by atoms with E-state index >= 15 is 0 Å². The summed E-state index contributed by atoms with van der Waals surface area (Å²) in [5, 5.41) is 3.82. The van der Waals surface area contributed by atoms with Gasteiger partial charge in [0.2, 0.25) is 5.88 Å². The largest absolute Gasteiger partial charge is 0.338 e. The summed E-state index contributed by atoms with van der Waals surface area (Å²) in [7, 11) is -3.91. The second kappa shape index (κ2) is 5.14. The molecule has 114 valence electrons. The van der Waals surface area contributed by atoms with Crippen LogP contribution >= 0.6 is 0 Å². The Balaban J connectivity index is 2.31. The average molecular weight is 312 g/mol. The van der Waals surface area contributed by atoms with Gasteiger partial charge < -0.3 is 4.52 Å². The van der Waals surface area contributed by atoms with E-state index in [9.17, 15) is 12.8 Å². The number of benzene rings is 1. The molecule has 0 aliphatic rings. The summed E-state index contributed by atoms with van der Waals surface area (Å²) in [5.74, 6) is -0.606. The van der Waals surface area contributed by atoms with Gasteiger partial charge in [-0.3, -0.25) is 0 Å². The lowest BCUT2D eigenvalue weighted by molar-refractivity contribution is 0.405. The highest BCUT2D eigenvalue weighted by molar-refractivity contribution is 7.92. The normalized spacial score (nSPS) is 12.4. The zero-order valence-electron chi connectivity index (χ0n) is 12.3. The van der Waals surface area contributed by atoms with Crippen LogP contribution in [-0.2, 0) is 15.4 Å². The third kappa shape index (κ3) is 3.60. The Morgan fingerprint density at radius 1 is 1.19 bits per heavy atom. The van der Waals surface area contributed by atoms with Gasteiger partial charge in [0.1, 0.15) is 5.82 Å². The van der Waals surface area contributed by atoms with Gasteiger partial charge >= 0.3 is 0 Å². The molecule has 0 saturated heterocycles. The SMILES string of the molecule is Cc1cc(F)cc(S(=O)(=O)Nc2cc(C(C)(C)C)no2)c1. The zero-order chi connectivity index (χ0) is 15.8. The number of rotatable bonds is 3. The summed E-state index contributed by atoms with van der Waals surface area (Å²) in [5.41, 5.74) is 0.877. The van der Waals surface area contributed by atoms with Gasteiger partial charge in [0, 0.05) is 11.5 Å². The lowest BCUT2D eigenvalue weighted by Gasteiger charge is -2.12. The van der Waals surface area contributed by atoms with Gasteiger partial charge in [0.25, 0.3) is 10.0 Å². The zero-order valence-corrected chi connectivity index (χ0v) is 13.1. The highest BCUT2D eigenvalue weighted by Gasteiger charge is 2.22. The molecule has 0 saturated carbocycles. The summed E-state index contributed by atoms with van der Waals surface area (Å²) in [6.45, 7) is 7.41. The lowest BCUT2D eigenvalue weighted by atomic mass is 9.92. The van der Waals surface area contributed by atoms with Gasteiger partial charge in [-0.2, -0.15) is 0 Å². The average Bonchev–Trinajstić information content (AvgIpc) is 2.75. The minimum Gasteiger partial charge on any atom is -0.338 e. The highest BCUT2D eigenvalue weighted by atomic mass is 32.2. The van der Waals surface area contributed by atoms with Crippen molar-refractivity contribution in [2.24, 2.45) is 0 Å². The fourth-order valence-electron chi connectivity index (χ4n) is 1.73. The van der Waals surface area contributed by atoms with E-state index in [4.69, 9.17) is 4.52 Å². The standard InChI is InChI=1S/C14H17FN2O3S/c1-9-5-10(15)7-11(6-9)21(18,19)17-13-8-12(16-20-13)14(2,3)4/h5-8,17H,1-4H3. The van der Waals surface area contributed by atoms with Crippen molar-refractivity contribution in [3.8, 4) is 0 Å². The van der Waals surface area contributed by atoms with Crippen LogP contribution in [0.5, 0.6) is 0 Å². The smallest absolute Gasteiger partial charge is 0.264 e. The minimum absolute atomic E-state index is 0.00170. The maximum atomic E-state index is 13.3. The predicted molar refractivity (Wildman–Crippen MR) is 77.1 cm³/mol. The van der Waals surface area contributed by atoms with E-state index in [1.165, 1.54) is 18.2 Å². The first-order chi connectivity index (χ1) is 9.58. The Bertz CT molecular complexity index is 741. The molecule has 0 bridgehead atoms. The molecule has 1 aromatic heterocycles. The molecule has 0 aliphatic carbocycles. The first-order valence-electron chi connectivity index (χ1n) is 6.35. The van der Waals surface area contributed by atoms with Gasteiger partial charge in [-0.05, 0) is 30.7 Å². The highest BCUT2D eigenvalue weighted by Crippen LogP contribution is 2.25. The molecule has 1 N–H and O–H groups in total. The van der Waals surface area contributed by atoms with Crippen LogP contribution in [0.2, 0.25) is 0 Å². The lowest BCUT2D eigenvalue weighted by Crippen LogP contribution is -2.13. The summed E-state index contributed by atoms with van der Waals surface area (Å²) < 4.78 is 45.0. The Morgan fingerprint density at radius 3 is 2.38 bits per heavy atom. The van der Waals surface area contributed by atoms with E-state index in [0.717, 1.165) is 6.07 Å². The number of sulfonamides is 1. The molecule has 0 aliphatic heterocycles. The number of hydrogen-bond acceptors (Lipinski definition) is 4. The molecule has 0 unspecified atom stereocenters. The molecular formula is C14H17FN2O3S. The van der Waals surface area contributed by atoms with Crippen LogP contribution in [0.3, 0.4) is 0 Å². The van der Waals surface area contributed by atoms with E-state index < -0.39 is 15.8 Å². The molecule has 1 heterocycles. The Hall–Kier alpha value is -1.89. The number of nitrogens with zero attached hydrogens (tertiary/aromatic N) is 1. The van der Waals surface area contributed by atoms with Crippen LogP contribution in [0.15, 0.2) is 33.7 Å². The number of nitrogens with one attached hydrogen (secondary N) is 1. The van der Waals surface area contributed by atoms with Gasteiger partial charge in [0.15, 0.2) is 0 Å². The second-order valence-electron chi connectivity index (χ2n) is 5.90. The van der Waals surface area contributed by atoms with Crippen molar-refractivity contribution in [1.29, 1.82) is 0 Å². The van der Waals surface area contributed by atoms with E-state index in [1.807, 2.05) is 20.8 Å². The van der Waals surface area contributed by atoms with E-state index in [2.05, 4.69) is 9.88 Å². The van der Waals surface area contributed by atoms with Crippen molar-refractivity contribution < 1.29 is 17.3 Å². The Labute approximate surface area is 123 Å². The van der Waals surface area contributed by atoms with Crippen LogP contribution in [0.1, 0.15) is 32.0 Å². The van der Waals surface area contributed by atoms with Gasteiger partial charge in [0.05, 0.1) is 10.6 Å². The minimum atomic E-state index is -3.91. The fourth-order valence-corrected chi connectivity index (χ4v) is 2.81. The summed E-state index contributed by atoms with van der Waals surface area (Å²) in [6, 6.07) is 5.11. The Kier molecular flexibility index (Phi) is 3.79. The molecule has 0 spiro atoms. The van der Waals surface area contributed by atoms with Gasteiger partial charge in [-0.1, -0.05) is 25.9 Å². The molecule has 0 fully saturated rings. The van der Waals surface area contributed by atoms with E-state index in [-0.39, 0.29) is 16.2 Å². The molecule has 0 radical (unpaired) electrons. The van der Waals surface area contributed by atoms with Crippen molar-refractivity contribution in [2.75, 3.05) is 4.72 Å². The topological polar surface area (TPSA) is 72.2 Å².